The van der Waals surface area contributed by atoms with Crippen LogP contribution in [0.15, 0.2) is 61.1 Å². The highest BCUT2D eigenvalue weighted by Crippen LogP contribution is 2.27. The number of amides is 1. The van der Waals surface area contributed by atoms with Gasteiger partial charge in [0, 0.05) is 18.3 Å². The first-order chi connectivity index (χ1) is 13.1. The summed E-state index contributed by atoms with van der Waals surface area (Å²) < 4.78 is 7.51. The molecule has 27 heavy (non-hydrogen) atoms. The van der Waals surface area contributed by atoms with Crippen molar-refractivity contribution in [2.75, 3.05) is 5.32 Å². The van der Waals surface area contributed by atoms with Crippen molar-refractivity contribution in [2.45, 2.75) is 6.92 Å². The summed E-state index contributed by atoms with van der Waals surface area (Å²) in [6, 6.07) is 14.6. The van der Waals surface area contributed by atoms with Gasteiger partial charge in [0.05, 0.1) is 6.20 Å². The minimum absolute atomic E-state index is 0.153. The Labute approximate surface area is 155 Å². The van der Waals surface area contributed by atoms with Crippen LogP contribution in [0.4, 0.5) is 5.69 Å². The molecule has 0 fully saturated rings. The summed E-state index contributed by atoms with van der Waals surface area (Å²) in [4.78, 5) is 20.7. The third kappa shape index (κ3) is 3.48. The lowest BCUT2D eigenvalue weighted by atomic mass is 10.1. The minimum atomic E-state index is -0.153. The van der Waals surface area contributed by atoms with Crippen molar-refractivity contribution >= 4 is 22.6 Å². The number of aromatic nitrogens is 4. The van der Waals surface area contributed by atoms with Gasteiger partial charge in [0.1, 0.15) is 17.5 Å². The van der Waals surface area contributed by atoms with Gasteiger partial charge in [-0.15, -0.1) is 0 Å². The van der Waals surface area contributed by atoms with Crippen LogP contribution in [0.1, 0.15) is 15.9 Å². The number of ether oxygens (including phenoxy) is 1. The first-order valence-corrected chi connectivity index (χ1v) is 8.39. The van der Waals surface area contributed by atoms with Crippen molar-refractivity contribution in [3.63, 3.8) is 0 Å². The molecule has 0 aliphatic rings. The van der Waals surface area contributed by atoms with Crippen molar-refractivity contribution in [1.29, 1.82) is 0 Å². The molecule has 0 radical (unpaired) electrons. The van der Waals surface area contributed by atoms with Crippen LogP contribution < -0.4 is 10.1 Å². The zero-order chi connectivity index (χ0) is 18.8. The first-order valence-electron chi connectivity index (χ1n) is 8.39. The summed E-state index contributed by atoms with van der Waals surface area (Å²) in [5.41, 5.74) is 3.04. The van der Waals surface area contributed by atoms with Gasteiger partial charge in [0.2, 0.25) is 5.88 Å². The van der Waals surface area contributed by atoms with Crippen LogP contribution in [-0.2, 0) is 7.05 Å². The number of rotatable bonds is 4. The van der Waals surface area contributed by atoms with Gasteiger partial charge in [-0.25, -0.2) is 9.97 Å². The van der Waals surface area contributed by atoms with Gasteiger partial charge in [-0.3, -0.25) is 9.48 Å². The van der Waals surface area contributed by atoms with Crippen LogP contribution in [-0.4, -0.2) is 25.7 Å². The summed E-state index contributed by atoms with van der Waals surface area (Å²) in [6.07, 6.45) is 3.11. The molecular formula is C20H17N5O2. The molecule has 0 saturated heterocycles. The van der Waals surface area contributed by atoms with Crippen molar-refractivity contribution in [3.8, 4) is 11.6 Å². The SMILES string of the molecule is Cc1cccc(C(=O)Nc2ccc(Oc3ncnc4c3cnn4C)cc2)c1. The van der Waals surface area contributed by atoms with E-state index in [1.807, 2.05) is 32.2 Å². The minimum Gasteiger partial charge on any atom is -0.438 e. The third-order valence-corrected chi connectivity index (χ3v) is 4.10. The Bertz CT molecular complexity index is 1120. The third-order valence-electron chi connectivity index (χ3n) is 4.10. The summed E-state index contributed by atoms with van der Waals surface area (Å²) in [5.74, 6) is 0.886. The van der Waals surface area contributed by atoms with Gasteiger partial charge >= 0.3 is 0 Å². The summed E-state index contributed by atoms with van der Waals surface area (Å²) in [5, 5.41) is 7.78. The van der Waals surface area contributed by atoms with Gasteiger partial charge < -0.3 is 10.1 Å². The van der Waals surface area contributed by atoms with Crippen molar-refractivity contribution in [1.82, 2.24) is 19.7 Å². The highest BCUT2D eigenvalue weighted by Gasteiger charge is 2.10. The van der Waals surface area contributed by atoms with E-state index >= 15 is 0 Å². The number of hydrogen-bond acceptors (Lipinski definition) is 5. The number of carbonyl (C=O) groups is 1. The number of anilines is 1. The second-order valence-electron chi connectivity index (χ2n) is 6.13. The predicted molar refractivity (Wildman–Crippen MR) is 102 cm³/mol. The Morgan fingerprint density at radius 1 is 1.11 bits per heavy atom. The molecule has 4 rings (SSSR count). The van der Waals surface area contributed by atoms with Crippen molar-refractivity contribution in [3.05, 3.63) is 72.2 Å². The first kappa shape index (κ1) is 16.7. The highest BCUT2D eigenvalue weighted by atomic mass is 16.5. The molecule has 2 aromatic carbocycles. The van der Waals surface area contributed by atoms with Gasteiger partial charge in [-0.1, -0.05) is 17.7 Å². The molecule has 0 saturated carbocycles. The second kappa shape index (κ2) is 6.87. The molecule has 4 aromatic rings. The monoisotopic (exact) mass is 359 g/mol. The molecule has 2 heterocycles. The van der Waals surface area contributed by atoms with Crippen LogP contribution in [0.2, 0.25) is 0 Å². The van der Waals surface area contributed by atoms with Crippen LogP contribution >= 0.6 is 0 Å². The van der Waals surface area contributed by atoms with E-state index in [1.54, 1.807) is 41.2 Å². The standard InChI is InChI=1S/C20H17N5O2/c1-13-4-3-5-14(10-13)19(26)24-15-6-8-16(9-7-15)27-20-17-11-23-25(2)18(17)21-12-22-20/h3-12H,1-2H3,(H,24,26). The van der Waals surface area contributed by atoms with Crippen LogP contribution in [0.25, 0.3) is 11.0 Å². The quantitative estimate of drug-likeness (QED) is 0.600. The lowest BCUT2D eigenvalue weighted by molar-refractivity contribution is 0.102. The second-order valence-corrected chi connectivity index (χ2v) is 6.13. The van der Waals surface area contributed by atoms with E-state index in [0.717, 1.165) is 10.9 Å². The fraction of sp³-hybridized carbons (Fsp3) is 0.100. The van der Waals surface area contributed by atoms with Crippen LogP contribution in [0, 0.1) is 6.92 Å². The maximum absolute atomic E-state index is 12.3. The van der Waals surface area contributed by atoms with Gasteiger partial charge in [-0.2, -0.15) is 5.10 Å². The Kier molecular flexibility index (Phi) is 4.25. The maximum Gasteiger partial charge on any atom is 0.255 e. The van der Waals surface area contributed by atoms with Crippen LogP contribution in [0.3, 0.4) is 0 Å². The Morgan fingerprint density at radius 3 is 2.70 bits per heavy atom. The van der Waals surface area contributed by atoms with Gasteiger partial charge in [-0.05, 0) is 43.3 Å². The lowest BCUT2D eigenvalue weighted by Crippen LogP contribution is -2.11. The van der Waals surface area contributed by atoms with Gasteiger partial charge in [0.25, 0.3) is 5.91 Å². The smallest absolute Gasteiger partial charge is 0.255 e. The summed E-state index contributed by atoms with van der Waals surface area (Å²) in [7, 11) is 1.81. The Morgan fingerprint density at radius 2 is 1.93 bits per heavy atom. The van der Waals surface area contributed by atoms with Crippen LogP contribution in [0.5, 0.6) is 11.6 Å². The molecule has 134 valence electrons. The zero-order valence-corrected chi connectivity index (χ0v) is 14.9. The normalized spacial score (nSPS) is 10.7. The molecule has 7 heteroatoms. The van der Waals surface area contributed by atoms with E-state index in [1.165, 1.54) is 6.33 Å². The van der Waals surface area contributed by atoms with Crippen molar-refractivity contribution < 1.29 is 9.53 Å². The number of hydrogen-bond donors (Lipinski definition) is 1. The molecule has 1 amide bonds. The molecule has 0 bridgehead atoms. The molecular weight excluding hydrogens is 342 g/mol. The molecule has 1 N–H and O–H groups in total. The lowest BCUT2D eigenvalue weighted by Gasteiger charge is -2.08. The van der Waals surface area contributed by atoms with E-state index in [0.29, 0.717) is 28.5 Å². The number of aryl methyl sites for hydroxylation is 2. The topological polar surface area (TPSA) is 81.9 Å². The van der Waals surface area contributed by atoms with Gasteiger partial charge in [0.15, 0.2) is 5.65 Å². The number of fused-ring (bicyclic) bond motifs is 1. The Hall–Kier alpha value is -3.74. The fourth-order valence-corrected chi connectivity index (χ4v) is 2.73. The van der Waals surface area contributed by atoms with E-state index < -0.39 is 0 Å². The molecule has 7 nitrogen and oxygen atoms in total. The zero-order valence-electron chi connectivity index (χ0n) is 14.9. The average molecular weight is 359 g/mol. The molecule has 0 atom stereocenters. The van der Waals surface area contributed by atoms with E-state index in [4.69, 9.17) is 4.74 Å². The summed E-state index contributed by atoms with van der Waals surface area (Å²) >= 11 is 0. The van der Waals surface area contributed by atoms with E-state index in [9.17, 15) is 4.79 Å². The molecule has 0 unspecified atom stereocenters. The predicted octanol–water partition coefficient (Wildman–Crippen LogP) is 3.72. The fourth-order valence-electron chi connectivity index (χ4n) is 2.73. The Balaban J connectivity index is 1.49. The number of nitrogens with zero attached hydrogens (tertiary/aromatic N) is 4. The largest absolute Gasteiger partial charge is 0.438 e. The number of benzene rings is 2. The van der Waals surface area contributed by atoms with E-state index in [-0.39, 0.29) is 5.91 Å². The number of carbonyl (C=O) groups excluding carboxylic acids is 1. The van der Waals surface area contributed by atoms with E-state index in [2.05, 4.69) is 20.4 Å². The average Bonchev–Trinajstić information content (AvgIpc) is 3.05. The maximum atomic E-state index is 12.3. The number of nitrogens with one attached hydrogen (secondary N) is 1. The van der Waals surface area contributed by atoms with Crippen molar-refractivity contribution in [2.24, 2.45) is 7.05 Å². The highest BCUT2D eigenvalue weighted by molar-refractivity contribution is 6.04. The summed E-state index contributed by atoms with van der Waals surface area (Å²) in [6.45, 7) is 1.95. The molecule has 0 aliphatic carbocycles. The molecule has 0 spiro atoms. The molecule has 2 aromatic heterocycles. The molecule has 0 aliphatic heterocycles.